The van der Waals surface area contributed by atoms with Crippen LogP contribution >= 0.6 is 0 Å². The van der Waals surface area contributed by atoms with E-state index < -0.39 is 15.6 Å². The summed E-state index contributed by atoms with van der Waals surface area (Å²) in [7, 11) is -3.51. The van der Waals surface area contributed by atoms with Gasteiger partial charge in [-0.1, -0.05) is 37.0 Å². The quantitative estimate of drug-likeness (QED) is 0.895. The summed E-state index contributed by atoms with van der Waals surface area (Å²) < 4.78 is 28.1. The molecule has 2 rings (SSSR count). The van der Waals surface area contributed by atoms with Crippen molar-refractivity contribution >= 4 is 10.0 Å². The normalized spacial score (nSPS) is 18.9. The summed E-state index contributed by atoms with van der Waals surface area (Å²) in [6.45, 7) is 4.15. The van der Waals surface area contributed by atoms with Crippen molar-refractivity contribution in [2.45, 2.75) is 56.4 Å². The third-order valence-electron chi connectivity index (χ3n) is 4.17. The van der Waals surface area contributed by atoms with Crippen molar-refractivity contribution < 1.29 is 8.42 Å². The third kappa shape index (κ3) is 3.22. The molecule has 0 aliphatic heterocycles. The number of aryl methyl sites for hydroxylation is 2. The zero-order valence-corrected chi connectivity index (χ0v) is 13.1. The van der Waals surface area contributed by atoms with Gasteiger partial charge in [-0.25, -0.2) is 13.1 Å². The molecule has 0 heterocycles. The summed E-state index contributed by atoms with van der Waals surface area (Å²) in [6, 6.07) is 5.40. The van der Waals surface area contributed by atoms with Crippen LogP contribution in [0.5, 0.6) is 0 Å². The van der Waals surface area contributed by atoms with Crippen LogP contribution in [0.15, 0.2) is 23.1 Å². The molecule has 0 aromatic heterocycles. The van der Waals surface area contributed by atoms with Crippen molar-refractivity contribution in [2.24, 2.45) is 5.73 Å². The summed E-state index contributed by atoms with van der Waals surface area (Å²) in [4.78, 5) is 0.362. The van der Waals surface area contributed by atoms with Crippen LogP contribution in [0.3, 0.4) is 0 Å². The van der Waals surface area contributed by atoms with Crippen molar-refractivity contribution in [1.82, 2.24) is 4.72 Å². The minimum Gasteiger partial charge on any atom is -0.329 e. The molecule has 112 valence electrons. The number of benzene rings is 1. The van der Waals surface area contributed by atoms with E-state index in [1.807, 2.05) is 26.0 Å². The number of nitrogens with one attached hydrogen (secondary N) is 1. The van der Waals surface area contributed by atoms with Gasteiger partial charge in [0.1, 0.15) is 0 Å². The molecule has 3 N–H and O–H groups in total. The molecule has 1 aliphatic carbocycles. The molecule has 0 bridgehead atoms. The summed E-state index contributed by atoms with van der Waals surface area (Å²) in [5, 5.41) is 0. The number of hydrogen-bond acceptors (Lipinski definition) is 3. The molecule has 0 radical (unpaired) electrons. The molecule has 0 amide bonds. The van der Waals surface area contributed by atoms with Crippen LogP contribution in [0, 0.1) is 13.8 Å². The maximum atomic E-state index is 12.6. The molecule has 1 aromatic carbocycles. The highest BCUT2D eigenvalue weighted by Crippen LogP contribution is 2.29. The van der Waals surface area contributed by atoms with E-state index in [2.05, 4.69) is 4.72 Å². The molecule has 0 spiro atoms. The molecule has 4 nitrogen and oxygen atoms in total. The Labute approximate surface area is 121 Å². The maximum Gasteiger partial charge on any atom is 0.241 e. The fourth-order valence-corrected chi connectivity index (χ4v) is 4.71. The highest BCUT2D eigenvalue weighted by atomic mass is 32.2. The Morgan fingerprint density at radius 2 is 1.85 bits per heavy atom. The van der Waals surface area contributed by atoms with Gasteiger partial charge < -0.3 is 5.73 Å². The Balaban J connectivity index is 2.30. The second kappa shape index (κ2) is 5.84. The fourth-order valence-electron chi connectivity index (χ4n) is 3.02. The number of rotatable bonds is 4. The zero-order valence-electron chi connectivity index (χ0n) is 12.3. The van der Waals surface area contributed by atoms with Crippen LogP contribution in [-0.2, 0) is 10.0 Å². The zero-order chi connectivity index (χ0) is 14.8. The summed E-state index contributed by atoms with van der Waals surface area (Å²) in [5.74, 6) is 0. The predicted octanol–water partition coefficient (Wildman–Crippen LogP) is 2.24. The maximum absolute atomic E-state index is 12.6. The summed E-state index contributed by atoms with van der Waals surface area (Å²) >= 11 is 0. The van der Waals surface area contributed by atoms with Crippen molar-refractivity contribution in [1.29, 1.82) is 0 Å². The second-order valence-electron chi connectivity index (χ2n) is 5.92. The minimum atomic E-state index is -3.51. The smallest absolute Gasteiger partial charge is 0.241 e. The second-order valence-corrected chi connectivity index (χ2v) is 7.57. The lowest BCUT2D eigenvalue weighted by Crippen LogP contribution is -2.54. The first-order valence-electron chi connectivity index (χ1n) is 7.20. The highest BCUT2D eigenvalue weighted by molar-refractivity contribution is 7.89. The molecule has 5 heteroatoms. The lowest BCUT2D eigenvalue weighted by Gasteiger charge is -2.36. The van der Waals surface area contributed by atoms with E-state index in [1.54, 1.807) is 6.07 Å². The first-order chi connectivity index (χ1) is 9.38. The molecular weight excluding hydrogens is 272 g/mol. The first kappa shape index (κ1) is 15.5. The van der Waals surface area contributed by atoms with Crippen molar-refractivity contribution in [2.75, 3.05) is 6.54 Å². The molecule has 1 aromatic rings. The summed E-state index contributed by atoms with van der Waals surface area (Å²) in [5.41, 5.74) is 7.24. The first-order valence-corrected chi connectivity index (χ1v) is 8.68. The van der Waals surface area contributed by atoms with Crippen LogP contribution in [-0.4, -0.2) is 20.5 Å². The van der Waals surface area contributed by atoms with E-state index in [9.17, 15) is 8.42 Å². The van der Waals surface area contributed by atoms with Gasteiger partial charge in [0.25, 0.3) is 0 Å². The van der Waals surface area contributed by atoms with Crippen LogP contribution in [0.2, 0.25) is 0 Å². The molecule has 1 fully saturated rings. The number of hydrogen-bond donors (Lipinski definition) is 2. The molecule has 0 saturated heterocycles. The molecule has 1 saturated carbocycles. The topological polar surface area (TPSA) is 72.2 Å². The van der Waals surface area contributed by atoms with E-state index >= 15 is 0 Å². The Morgan fingerprint density at radius 3 is 2.40 bits per heavy atom. The van der Waals surface area contributed by atoms with E-state index in [1.165, 1.54) is 0 Å². The standard InChI is InChI=1S/C15H24N2O2S/c1-12-6-7-14(13(2)10-12)20(18,19)17-15(11-16)8-4-3-5-9-15/h6-7,10,17H,3-5,8-9,11,16H2,1-2H3. The van der Waals surface area contributed by atoms with Crippen LogP contribution in [0.1, 0.15) is 43.2 Å². The monoisotopic (exact) mass is 296 g/mol. The van der Waals surface area contributed by atoms with Crippen LogP contribution < -0.4 is 10.5 Å². The van der Waals surface area contributed by atoms with Crippen LogP contribution in [0.25, 0.3) is 0 Å². The van der Waals surface area contributed by atoms with Gasteiger partial charge >= 0.3 is 0 Å². The highest BCUT2D eigenvalue weighted by Gasteiger charge is 2.35. The SMILES string of the molecule is Cc1ccc(S(=O)(=O)NC2(CN)CCCCC2)c(C)c1. The van der Waals surface area contributed by atoms with Gasteiger partial charge in [-0.15, -0.1) is 0 Å². The van der Waals surface area contributed by atoms with Gasteiger partial charge in [0.2, 0.25) is 10.0 Å². The van der Waals surface area contributed by atoms with Crippen molar-refractivity contribution in [3.05, 3.63) is 29.3 Å². The van der Waals surface area contributed by atoms with Gasteiger partial charge in [-0.2, -0.15) is 0 Å². The van der Waals surface area contributed by atoms with Gasteiger partial charge in [0, 0.05) is 12.1 Å². The molecule has 0 atom stereocenters. The average molecular weight is 296 g/mol. The van der Waals surface area contributed by atoms with Gasteiger partial charge in [0.05, 0.1) is 4.90 Å². The molecule has 20 heavy (non-hydrogen) atoms. The Hall–Kier alpha value is -0.910. The van der Waals surface area contributed by atoms with Crippen LogP contribution in [0.4, 0.5) is 0 Å². The van der Waals surface area contributed by atoms with Crippen molar-refractivity contribution in [3.8, 4) is 0 Å². The van der Waals surface area contributed by atoms with E-state index in [0.717, 1.165) is 43.2 Å². The summed E-state index contributed by atoms with van der Waals surface area (Å²) in [6.07, 6.45) is 4.88. The van der Waals surface area contributed by atoms with E-state index in [-0.39, 0.29) is 0 Å². The molecule has 0 unspecified atom stereocenters. The Morgan fingerprint density at radius 1 is 1.20 bits per heavy atom. The minimum absolute atomic E-state index is 0.358. The Kier molecular flexibility index (Phi) is 4.52. The van der Waals surface area contributed by atoms with Gasteiger partial charge in [0.15, 0.2) is 0 Å². The number of nitrogens with two attached hydrogens (primary N) is 1. The van der Waals surface area contributed by atoms with E-state index in [4.69, 9.17) is 5.73 Å². The third-order valence-corrected chi connectivity index (χ3v) is 5.91. The van der Waals surface area contributed by atoms with E-state index in [0.29, 0.717) is 11.4 Å². The lowest BCUT2D eigenvalue weighted by molar-refractivity contribution is 0.276. The fraction of sp³-hybridized carbons (Fsp3) is 0.600. The van der Waals surface area contributed by atoms with Crippen molar-refractivity contribution in [3.63, 3.8) is 0 Å². The largest absolute Gasteiger partial charge is 0.329 e. The molecule has 1 aliphatic rings. The lowest BCUT2D eigenvalue weighted by atomic mass is 9.83. The average Bonchev–Trinajstić information content (AvgIpc) is 2.38. The van der Waals surface area contributed by atoms with Gasteiger partial charge in [-0.05, 0) is 38.3 Å². The Bertz CT molecular complexity index is 576. The van der Waals surface area contributed by atoms with Gasteiger partial charge in [-0.3, -0.25) is 0 Å². The predicted molar refractivity (Wildman–Crippen MR) is 81.1 cm³/mol. The molecular formula is C15H24N2O2S. The number of sulfonamides is 1.